The highest BCUT2D eigenvalue weighted by atomic mass is 32.1. The molecule has 0 saturated carbocycles. The van der Waals surface area contributed by atoms with Gasteiger partial charge in [0, 0.05) is 5.56 Å². The first-order valence-electron chi connectivity index (χ1n) is 7.21. The minimum Gasteiger partial charge on any atom is -0.173 e. The van der Waals surface area contributed by atoms with Crippen LogP contribution < -0.4 is 0 Å². The van der Waals surface area contributed by atoms with Crippen LogP contribution in [0.5, 0.6) is 0 Å². The van der Waals surface area contributed by atoms with Crippen LogP contribution in [0.1, 0.15) is 5.56 Å². The van der Waals surface area contributed by atoms with E-state index in [2.05, 4.69) is 70.3 Å². The zero-order valence-electron chi connectivity index (χ0n) is 12.2. The molecule has 1 aromatic heterocycles. The Morgan fingerprint density at radius 3 is 1.86 bits per heavy atom. The Balaban J connectivity index is 2.05. The fourth-order valence-corrected chi connectivity index (χ4v) is 3.43. The van der Waals surface area contributed by atoms with Crippen molar-refractivity contribution in [1.29, 1.82) is 0 Å². The Bertz CT molecular complexity index is 928. The molecule has 0 amide bonds. The van der Waals surface area contributed by atoms with Gasteiger partial charge >= 0.3 is 0 Å². The maximum absolute atomic E-state index is 4.52. The van der Waals surface area contributed by atoms with Crippen molar-refractivity contribution in [1.82, 2.24) is 8.75 Å². The molecule has 0 spiro atoms. The number of nitrogens with zero attached hydrogens (tertiary/aromatic N) is 2. The molecule has 3 aromatic carbocycles. The summed E-state index contributed by atoms with van der Waals surface area (Å²) in [5.74, 6) is 0. The lowest BCUT2D eigenvalue weighted by Crippen LogP contribution is -1.89. The highest BCUT2D eigenvalue weighted by Gasteiger charge is 2.15. The Hall–Kier alpha value is -2.52. The summed E-state index contributed by atoms with van der Waals surface area (Å²) in [5.41, 5.74) is 7.95. The van der Waals surface area contributed by atoms with Crippen molar-refractivity contribution in [3.8, 4) is 22.3 Å². The molecule has 0 aliphatic heterocycles. The predicted octanol–water partition coefficient (Wildman–Crippen LogP) is 5.33. The topological polar surface area (TPSA) is 25.8 Å². The Morgan fingerprint density at radius 2 is 1.23 bits per heavy atom. The molecule has 106 valence electrons. The third kappa shape index (κ3) is 2.11. The van der Waals surface area contributed by atoms with E-state index in [1.54, 1.807) is 0 Å². The van der Waals surface area contributed by atoms with Crippen LogP contribution in [0.3, 0.4) is 0 Å². The molecular weight excluding hydrogens is 288 g/mol. The van der Waals surface area contributed by atoms with Crippen LogP contribution in [0.4, 0.5) is 0 Å². The van der Waals surface area contributed by atoms with Gasteiger partial charge < -0.3 is 0 Å². The molecule has 2 nitrogen and oxygen atoms in total. The SMILES string of the molecule is Cc1c(-c2ccccc2)cc(-c2ccccc2)c2nsnc12. The van der Waals surface area contributed by atoms with Crippen LogP contribution in [0.25, 0.3) is 33.3 Å². The molecule has 0 N–H and O–H groups in total. The van der Waals surface area contributed by atoms with Gasteiger partial charge in [0.15, 0.2) is 0 Å². The highest BCUT2D eigenvalue weighted by molar-refractivity contribution is 7.00. The first-order valence-corrected chi connectivity index (χ1v) is 7.94. The molecule has 0 aliphatic rings. The number of aromatic nitrogens is 2. The predicted molar refractivity (Wildman–Crippen MR) is 93.0 cm³/mol. The second-order valence-corrected chi connectivity index (χ2v) is 5.82. The van der Waals surface area contributed by atoms with Crippen molar-refractivity contribution < 1.29 is 0 Å². The van der Waals surface area contributed by atoms with Crippen LogP contribution in [-0.4, -0.2) is 8.75 Å². The van der Waals surface area contributed by atoms with E-state index < -0.39 is 0 Å². The molecule has 0 saturated heterocycles. The molecule has 22 heavy (non-hydrogen) atoms. The molecule has 3 heteroatoms. The van der Waals surface area contributed by atoms with Crippen LogP contribution in [0.2, 0.25) is 0 Å². The highest BCUT2D eigenvalue weighted by Crippen LogP contribution is 2.36. The molecular formula is C19H14N2S. The molecule has 0 atom stereocenters. The van der Waals surface area contributed by atoms with Gasteiger partial charge in [0.2, 0.25) is 0 Å². The van der Waals surface area contributed by atoms with Crippen molar-refractivity contribution >= 4 is 22.8 Å². The second kappa shape index (κ2) is 5.35. The average molecular weight is 302 g/mol. The monoisotopic (exact) mass is 302 g/mol. The first kappa shape index (κ1) is 13.2. The van der Waals surface area contributed by atoms with Gasteiger partial charge in [-0.25, -0.2) is 0 Å². The summed E-state index contributed by atoms with van der Waals surface area (Å²) in [5, 5.41) is 0. The van der Waals surface area contributed by atoms with Crippen LogP contribution in [-0.2, 0) is 0 Å². The van der Waals surface area contributed by atoms with Gasteiger partial charge in [0.1, 0.15) is 11.0 Å². The van der Waals surface area contributed by atoms with E-state index in [1.807, 2.05) is 12.1 Å². The van der Waals surface area contributed by atoms with Crippen LogP contribution in [0.15, 0.2) is 66.7 Å². The summed E-state index contributed by atoms with van der Waals surface area (Å²) in [7, 11) is 0. The van der Waals surface area contributed by atoms with Gasteiger partial charge in [0.05, 0.1) is 11.7 Å². The number of hydrogen-bond donors (Lipinski definition) is 0. The molecule has 0 unspecified atom stereocenters. The van der Waals surface area contributed by atoms with Crippen molar-refractivity contribution in [3.05, 3.63) is 72.3 Å². The second-order valence-electron chi connectivity index (χ2n) is 5.29. The van der Waals surface area contributed by atoms with Crippen molar-refractivity contribution in [2.75, 3.05) is 0 Å². The summed E-state index contributed by atoms with van der Waals surface area (Å²) in [6, 6.07) is 23.1. The number of benzene rings is 3. The summed E-state index contributed by atoms with van der Waals surface area (Å²) in [6.07, 6.45) is 0. The molecule has 4 rings (SSSR count). The zero-order chi connectivity index (χ0) is 14.9. The minimum absolute atomic E-state index is 0.994. The van der Waals surface area contributed by atoms with E-state index in [0.29, 0.717) is 0 Å². The Kier molecular flexibility index (Phi) is 3.20. The fraction of sp³-hybridized carbons (Fsp3) is 0.0526. The molecule has 0 radical (unpaired) electrons. The zero-order valence-corrected chi connectivity index (χ0v) is 13.0. The van der Waals surface area contributed by atoms with E-state index in [1.165, 1.54) is 34.0 Å². The maximum Gasteiger partial charge on any atom is 0.112 e. The van der Waals surface area contributed by atoms with Crippen LogP contribution in [0, 0.1) is 6.92 Å². The van der Waals surface area contributed by atoms with Crippen molar-refractivity contribution in [3.63, 3.8) is 0 Å². The largest absolute Gasteiger partial charge is 0.173 e. The number of hydrogen-bond acceptors (Lipinski definition) is 3. The number of aryl methyl sites for hydroxylation is 1. The third-order valence-electron chi connectivity index (χ3n) is 3.96. The first-order chi connectivity index (χ1) is 10.8. The van der Waals surface area contributed by atoms with Crippen molar-refractivity contribution in [2.45, 2.75) is 6.92 Å². The van der Waals surface area contributed by atoms with Gasteiger partial charge in [-0.2, -0.15) is 8.75 Å². The normalized spacial score (nSPS) is 11.0. The average Bonchev–Trinajstić information content (AvgIpc) is 3.07. The number of fused-ring (bicyclic) bond motifs is 1. The lowest BCUT2D eigenvalue weighted by molar-refractivity contribution is 1.46. The lowest BCUT2D eigenvalue weighted by Gasteiger charge is -2.11. The standard InChI is InChI=1S/C19H14N2S/c1-13-16(14-8-4-2-5-9-14)12-17(15-10-6-3-7-11-15)19-18(13)20-22-21-19/h2-12H,1H3. The van der Waals surface area contributed by atoms with E-state index in [4.69, 9.17) is 0 Å². The van der Waals surface area contributed by atoms with E-state index in [9.17, 15) is 0 Å². The summed E-state index contributed by atoms with van der Waals surface area (Å²) >= 11 is 1.28. The summed E-state index contributed by atoms with van der Waals surface area (Å²) in [4.78, 5) is 0. The smallest absolute Gasteiger partial charge is 0.112 e. The third-order valence-corrected chi connectivity index (χ3v) is 4.49. The Labute approximate surface area is 133 Å². The van der Waals surface area contributed by atoms with E-state index in [-0.39, 0.29) is 0 Å². The summed E-state index contributed by atoms with van der Waals surface area (Å²) in [6.45, 7) is 2.13. The molecule has 0 aliphatic carbocycles. The van der Waals surface area contributed by atoms with Gasteiger partial charge in [-0.05, 0) is 35.2 Å². The molecule has 0 bridgehead atoms. The quantitative estimate of drug-likeness (QED) is 0.500. The minimum atomic E-state index is 0.994. The lowest BCUT2D eigenvalue weighted by atomic mass is 9.93. The van der Waals surface area contributed by atoms with Gasteiger partial charge in [-0.15, -0.1) is 0 Å². The molecule has 4 aromatic rings. The maximum atomic E-state index is 4.52. The fourth-order valence-electron chi connectivity index (χ4n) is 2.82. The van der Waals surface area contributed by atoms with Crippen LogP contribution >= 0.6 is 11.7 Å². The number of rotatable bonds is 2. The summed E-state index contributed by atoms with van der Waals surface area (Å²) < 4.78 is 9.04. The van der Waals surface area contributed by atoms with E-state index in [0.717, 1.165) is 16.6 Å². The molecule has 0 fully saturated rings. The van der Waals surface area contributed by atoms with Gasteiger partial charge in [-0.3, -0.25) is 0 Å². The van der Waals surface area contributed by atoms with Gasteiger partial charge in [-0.1, -0.05) is 60.7 Å². The molecule has 1 heterocycles. The van der Waals surface area contributed by atoms with E-state index >= 15 is 0 Å². The van der Waals surface area contributed by atoms with Gasteiger partial charge in [0.25, 0.3) is 0 Å². The Morgan fingerprint density at radius 1 is 0.682 bits per heavy atom. The van der Waals surface area contributed by atoms with Crippen molar-refractivity contribution in [2.24, 2.45) is 0 Å².